The molecule has 1 aromatic heterocycles. The number of fused-ring (bicyclic) bond motifs is 1. The van der Waals surface area contributed by atoms with Crippen molar-refractivity contribution in [3.8, 4) is 11.5 Å². The average Bonchev–Trinajstić information content (AvgIpc) is 3.17. The Kier molecular flexibility index (Phi) is 7.75. The highest BCUT2D eigenvalue weighted by molar-refractivity contribution is 7.22. The number of hydrogen-bond donors (Lipinski definition) is 0. The summed E-state index contributed by atoms with van der Waals surface area (Å²) in [5, 5.41) is 1.32. The number of halogens is 1. The Labute approximate surface area is 192 Å². The van der Waals surface area contributed by atoms with Crippen LogP contribution in [-0.2, 0) is 0 Å². The molecule has 0 bridgehead atoms. The lowest BCUT2D eigenvalue weighted by Gasteiger charge is -2.22. The minimum Gasteiger partial charge on any atom is -0.490 e. The Bertz CT molecular complexity index is 1070. The number of thiazole rings is 1. The third kappa shape index (κ3) is 5.29. The highest BCUT2D eigenvalue weighted by Gasteiger charge is 2.23. The van der Waals surface area contributed by atoms with E-state index in [1.807, 2.05) is 51.9 Å². The van der Waals surface area contributed by atoms with Crippen LogP contribution in [0.15, 0.2) is 30.3 Å². The first-order valence-electron chi connectivity index (χ1n) is 10.3. The topological polar surface area (TPSA) is 54.9 Å². The molecule has 0 spiro atoms. The number of ether oxygens (including phenoxy) is 2. The second kappa shape index (κ2) is 10.3. The highest BCUT2D eigenvalue weighted by atomic mass is 35.5. The summed E-state index contributed by atoms with van der Waals surface area (Å²) in [6.45, 7) is 7.99. The molecule has 6 nitrogen and oxygen atoms in total. The summed E-state index contributed by atoms with van der Waals surface area (Å²) >= 11 is 7.77. The van der Waals surface area contributed by atoms with Gasteiger partial charge in [0.05, 0.1) is 23.4 Å². The molecule has 0 radical (unpaired) electrons. The first-order valence-corrected chi connectivity index (χ1v) is 11.5. The van der Waals surface area contributed by atoms with Crippen molar-refractivity contribution in [2.24, 2.45) is 0 Å². The van der Waals surface area contributed by atoms with Gasteiger partial charge in [-0.3, -0.25) is 9.69 Å². The standard InChI is InChI=1S/C23H28ClN3O3S/c1-6-29-18-10-8-16(14-19(18)30-7-2)22(28)27(13-12-26(4)5)23-25-21-15(3)17(24)9-11-20(21)31-23/h8-11,14H,6-7,12-13H2,1-5H3. The molecule has 0 saturated carbocycles. The van der Waals surface area contributed by atoms with Gasteiger partial charge in [-0.1, -0.05) is 22.9 Å². The molecular formula is C23H28ClN3O3S. The first-order chi connectivity index (χ1) is 14.8. The zero-order valence-corrected chi connectivity index (χ0v) is 20.1. The van der Waals surface area contributed by atoms with E-state index in [-0.39, 0.29) is 5.91 Å². The second-order valence-corrected chi connectivity index (χ2v) is 8.72. The van der Waals surface area contributed by atoms with E-state index in [0.717, 1.165) is 15.8 Å². The molecule has 0 N–H and O–H groups in total. The van der Waals surface area contributed by atoms with Crippen LogP contribution in [0.5, 0.6) is 11.5 Å². The molecule has 1 heterocycles. The molecule has 0 atom stereocenters. The second-order valence-electron chi connectivity index (χ2n) is 7.30. The van der Waals surface area contributed by atoms with Gasteiger partial charge in [-0.15, -0.1) is 0 Å². The number of hydrogen-bond acceptors (Lipinski definition) is 6. The Hall–Kier alpha value is -2.35. The van der Waals surface area contributed by atoms with Crippen molar-refractivity contribution in [3.05, 3.63) is 46.5 Å². The Morgan fingerprint density at radius 1 is 1.06 bits per heavy atom. The van der Waals surface area contributed by atoms with Gasteiger partial charge in [0.15, 0.2) is 16.6 Å². The van der Waals surface area contributed by atoms with E-state index in [1.54, 1.807) is 23.1 Å². The lowest BCUT2D eigenvalue weighted by molar-refractivity contribution is 0.0984. The molecule has 0 unspecified atom stereocenters. The number of rotatable bonds is 9. The molecule has 1 amide bonds. The number of carbonyl (C=O) groups excluding carboxylic acids is 1. The lowest BCUT2D eigenvalue weighted by Crippen LogP contribution is -2.36. The fourth-order valence-corrected chi connectivity index (χ4v) is 4.33. The predicted molar refractivity (Wildman–Crippen MR) is 128 cm³/mol. The van der Waals surface area contributed by atoms with Crippen molar-refractivity contribution < 1.29 is 14.3 Å². The van der Waals surface area contributed by atoms with Crippen molar-refractivity contribution in [2.75, 3.05) is 45.3 Å². The van der Waals surface area contributed by atoms with Gasteiger partial charge < -0.3 is 14.4 Å². The predicted octanol–water partition coefficient (Wildman–Crippen LogP) is 5.26. The number of carbonyl (C=O) groups is 1. The smallest absolute Gasteiger partial charge is 0.260 e. The quantitative estimate of drug-likeness (QED) is 0.434. The molecule has 0 aliphatic carbocycles. The van der Waals surface area contributed by atoms with Crippen LogP contribution in [0.25, 0.3) is 10.2 Å². The first kappa shape index (κ1) is 23.3. The van der Waals surface area contributed by atoms with E-state index in [9.17, 15) is 4.79 Å². The monoisotopic (exact) mass is 461 g/mol. The van der Waals surface area contributed by atoms with Crippen LogP contribution in [0, 0.1) is 6.92 Å². The van der Waals surface area contributed by atoms with E-state index in [1.165, 1.54) is 11.3 Å². The van der Waals surface area contributed by atoms with Crippen molar-refractivity contribution in [1.82, 2.24) is 9.88 Å². The van der Waals surface area contributed by atoms with Crippen LogP contribution >= 0.6 is 22.9 Å². The van der Waals surface area contributed by atoms with E-state index in [2.05, 4.69) is 0 Å². The van der Waals surface area contributed by atoms with E-state index < -0.39 is 0 Å². The van der Waals surface area contributed by atoms with Gasteiger partial charge in [0.25, 0.3) is 5.91 Å². The molecule has 0 fully saturated rings. The van der Waals surface area contributed by atoms with Gasteiger partial charge in [-0.25, -0.2) is 4.98 Å². The summed E-state index contributed by atoms with van der Waals surface area (Å²) < 4.78 is 12.3. The largest absolute Gasteiger partial charge is 0.490 e. The molecule has 166 valence electrons. The molecule has 0 aliphatic heterocycles. The number of anilines is 1. The average molecular weight is 462 g/mol. The minimum atomic E-state index is -0.131. The summed E-state index contributed by atoms with van der Waals surface area (Å²) in [4.78, 5) is 22.1. The number of likely N-dealkylation sites (N-methyl/N-ethyl adjacent to an activating group) is 1. The maximum absolute atomic E-state index is 13.6. The number of amides is 1. The third-order valence-corrected chi connectivity index (χ3v) is 6.23. The van der Waals surface area contributed by atoms with Crippen LogP contribution in [0.2, 0.25) is 5.02 Å². The number of aryl methyl sites for hydroxylation is 1. The Morgan fingerprint density at radius 2 is 1.77 bits per heavy atom. The number of aromatic nitrogens is 1. The van der Waals surface area contributed by atoms with Crippen molar-refractivity contribution in [3.63, 3.8) is 0 Å². The maximum atomic E-state index is 13.6. The molecule has 31 heavy (non-hydrogen) atoms. The van der Waals surface area contributed by atoms with E-state index >= 15 is 0 Å². The summed E-state index contributed by atoms with van der Waals surface area (Å²) in [6.07, 6.45) is 0. The molecule has 8 heteroatoms. The molecule has 0 aliphatic rings. The Morgan fingerprint density at radius 3 is 2.45 bits per heavy atom. The lowest BCUT2D eigenvalue weighted by atomic mass is 10.1. The summed E-state index contributed by atoms with van der Waals surface area (Å²) in [5.41, 5.74) is 2.28. The third-order valence-electron chi connectivity index (χ3n) is 4.77. The van der Waals surface area contributed by atoms with Crippen molar-refractivity contribution >= 4 is 44.2 Å². The summed E-state index contributed by atoms with van der Waals surface area (Å²) in [6, 6.07) is 9.12. The molecule has 3 aromatic rings. The normalized spacial score (nSPS) is 11.2. The Balaban J connectivity index is 2.01. The minimum absolute atomic E-state index is 0.131. The molecule has 3 rings (SSSR count). The van der Waals surface area contributed by atoms with Crippen LogP contribution in [-0.4, -0.2) is 56.2 Å². The SMILES string of the molecule is CCOc1ccc(C(=O)N(CCN(C)C)c2nc3c(C)c(Cl)ccc3s2)cc1OCC. The van der Waals surface area contributed by atoms with Crippen molar-refractivity contribution in [2.45, 2.75) is 20.8 Å². The van der Waals surface area contributed by atoms with Crippen LogP contribution in [0.1, 0.15) is 29.8 Å². The van der Waals surface area contributed by atoms with Gasteiger partial charge in [-0.05, 0) is 70.8 Å². The van der Waals surface area contributed by atoms with Crippen LogP contribution in [0.3, 0.4) is 0 Å². The van der Waals surface area contributed by atoms with E-state index in [4.69, 9.17) is 26.1 Å². The molecular weight excluding hydrogens is 434 g/mol. The molecule has 2 aromatic carbocycles. The van der Waals surface area contributed by atoms with Gasteiger partial charge >= 0.3 is 0 Å². The number of benzene rings is 2. The fraction of sp³-hybridized carbons (Fsp3) is 0.391. The zero-order chi connectivity index (χ0) is 22.5. The van der Waals surface area contributed by atoms with Gasteiger partial charge in [0.2, 0.25) is 0 Å². The maximum Gasteiger partial charge on any atom is 0.260 e. The van der Waals surface area contributed by atoms with E-state index in [0.29, 0.717) is 53.5 Å². The summed E-state index contributed by atoms with van der Waals surface area (Å²) in [7, 11) is 3.96. The fourth-order valence-electron chi connectivity index (χ4n) is 3.13. The van der Waals surface area contributed by atoms with Gasteiger partial charge in [0.1, 0.15) is 0 Å². The number of nitrogens with zero attached hydrogens (tertiary/aromatic N) is 3. The molecule has 0 saturated heterocycles. The van der Waals surface area contributed by atoms with Crippen LogP contribution < -0.4 is 14.4 Å². The van der Waals surface area contributed by atoms with Crippen LogP contribution in [0.4, 0.5) is 5.13 Å². The highest BCUT2D eigenvalue weighted by Crippen LogP contribution is 2.35. The van der Waals surface area contributed by atoms with Gasteiger partial charge in [-0.2, -0.15) is 0 Å². The summed E-state index contributed by atoms with van der Waals surface area (Å²) in [5.74, 6) is 1.06. The van der Waals surface area contributed by atoms with Crippen molar-refractivity contribution in [1.29, 1.82) is 0 Å². The zero-order valence-electron chi connectivity index (χ0n) is 18.6. The van der Waals surface area contributed by atoms with Gasteiger partial charge in [0, 0.05) is 23.7 Å².